The lowest BCUT2D eigenvalue weighted by Crippen LogP contribution is -2.23. The van der Waals surface area contributed by atoms with Gasteiger partial charge in [0.1, 0.15) is 5.75 Å². The number of carbonyl (C=O) groups excluding carboxylic acids is 1. The van der Waals surface area contributed by atoms with Crippen LogP contribution in [0.4, 0.5) is 0 Å². The molecule has 1 aromatic heterocycles. The molecule has 3 rings (SSSR count). The monoisotopic (exact) mass is 408 g/mol. The number of amides is 1. The summed E-state index contributed by atoms with van der Waals surface area (Å²) in [6, 6.07) is 15.4. The van der Waals surface area contributed by atoms with Gasteiger partial charge in [-0.15, -0.1) is 0 Å². The highest BCUT2D eigenvalue weighted by molar-refractivity contribution is 5.94. The summed E-state index contributed by atoms with van der Waals surface area (Å²) >= 11 is 0. The predicted octanol–water partition coefficient (Wildman–Crippen LogP) is 3.73. The van der Waals surface area contributed by atoms with E-state index in [1.165, 1.54) is 5.56 Å². The third-order valence-electron chi connectivity index (χ3n) is 4.83. The first-order valence-electron chi connectivity index (χ1n) is 10.2. The standard InChI is InChI=1S/C23H28N4O3/c1-4-27(5-2)15-19-8-6-18(7-9-19)14-24-23(28)20-10-12-21(13-11-20)29-16-22-25-17(3)30-26-22/h6-13H,4-5,14-16H2,1-3H3,(H,24,28). The fourth-order valence-electron chi connectivity index (χ4n) is 3.00. The molecule has 0 aliphatic heterocycles. The van der Waals surface area contributed by atoms with Gasteiger partial charge in [0.05, 0.1) is 0 Å². The molecule has 0 spiro atoms. The Kier molecular flexibility index (Phi) is 7.57. The van der Waals surface area contributed by atoms with E-state index in [9.17, 15) is 4.79 Å². The molecule has 1 amide bonds. The van der Waals surface area contributed by atoms with Crippen LogP contribution in [0.2, 0.25) is 0 Å². The van der Waals surface area contributed by atoms with Crippen LogP contribution in [0.3, 0.4) is 0 Å². The number of nitrogens with zero attached hydrogens (tertiary/aromatic N) is 3. The molecule has 30 heavy (non-hydrogen) atoms. The van der Waals surface area contributed by atoms with Gasteiger partial charge in [0.25, 0.3) is 5.91 Å². The highest BCUT2D eigenvalue weighted by Crippen LogP contribution is 2.14. The Hall–Kier alpha value is -3.19. The highest BCUT2D eigenvalue weighted by Gasteiger charge is 2.08. The molecule has 7 heteroatoms. The zero-order chi connectivity index (χ0) is 21.3. The van der Waals surface area contributed by atoms with E-state index >= 15 is 0 Å². The van der Waals surface area contributed by atoms with Gasteiger partial charge in [-0.25, -0.2) is 0 Å². The summed E-state index contributed by atoms with van der Waals surface area (Å²) in [6.07, 6.45) is 0. The molecule has 3 aromatic rings. The van der Waals surface area contributed by atoms with Crippen LogP contribution in [0.25, 0.3) is 0 Å². The summed E-state index contributed by atoms with van der Waals surface area (Å²) in [5.41, 5.74) is 2.93. The van der Waals surface area contributed by atoms with Crippen LogP contribution in [0.1, 0.15) is 47.0 Å². The molecule has 7 nitrogen and oxygen atoms in total. The maximum Gasteiger partial charge on any atom is 0.251 e. The van der Waals surface area contributed by atoms with Crippen molar-refractivity contribution in [3.8, 4) is 5.75 Å². The van der Waals surface area contributed by atoms with Crippen molar-refractivity contribution in [3.63, 3.8) is 0 Å². The molecule has 0 saturated carbocycles. The van der Waals surface area contributed by atoms with Crippen LogP contribution in [-0.4, -0.2) is 34.0 Å². The number of rotatable bonds is 10. The Bertz CT molecular complexity index is 932. The number of ether oxygens (including phenoxy) is 1. The van der Waals surface area contributed by atoms with Crippen molar-refractivity contribution in [1.82, 2.24) is 20.4 Å². The molecule has 0 bridgehead atoms. The van der Waals surface area contributed by atoms with Gasteiger partial charge in [0.15, 0.2) is 6.61 Å². The van der Waals surface area contributed by atoms with Gasteiger partial charge in [-0.05, 0) is 48.5 Å². The van der Waals surface area contributed by atoms with E-state index in [1.807, 2.05) is 0 Å². The number of aromatic nitrogens is 2. The third-order valence-corrected chi connectivity index (χ3v) is 4.83. The lowest BCUT2D eigenvalue weighted by Gasteiger charge is -2.18. The van der Waals surface area contributed by atoms with Crippen LogP contribution in [0.5, 0.6) is 5.75 Å². The molecule has 2 aromatic carbocycles. The van der Waals surface area contributed by atoms with E-state index in [-0.39, 0.29) is 12.5 Å². The van der Waals surface area contributed by atoms with Crippen molar-refractivity contribution >= 4 is 5.91 Å². The Balaban J connectivity index is 1.47. The van der Waals surface area contributed by atoms with Gasteiger partial charge < -0.3 is 14.6 Å². The number of hydrogen-bond donors (Lipinski definition) is 1. The molecular weight excluding hydrogens is 380 g/mol. The maximum absolute atomic E-state index is 12.4. The first-order valence-corrected chi connectivity index (χ1v) is 10.2. The summed E-state index contributed by atoms with van der Waals surface area (Å²) in [6.45, 7) is 9.78. The number of nitrogens with one attached hydrogen (secondary N) is 1. The van der Waals surface area contributed by atoms with Gasteiger partial charge in [-0.2, -0.15) is 4.98 Å². The molecule has 1 heterocycles. The molecule has 1 N–H and O–H groups in total. The predicted molar refractivity (Wildman–Crippen MR) is 114 cm³/mol. The lowest BCUT2D eigenvalue weighted by molar-refractivity contribution is 0.0951. The Morgan fingerprint density at radius 3 is 2.30 bits per heavy atom. The SMILES string of the molecule is CCN(CC)Cc1ccc(CNC(=O)c2ccc(OCc3noc(C)n3)cc2)cc1. The Morgan fingerprint density at radius 1 is 1.03 bits per heavy atom. The molecule has 0 unspecified atom stereocenters. The highest BCUT2D eigenvalue weighted by atomic mass is 16.5. The fraction of sp³-hybridized carbons (Fsp3) is 0.348. The van der Waals surface area contributed by atoms with Gasteiger partial charge in [-0.1, -0.05) is 43.3 Å². The minimum absolute atomic E-state index is 0.123. The second-order valence-electron chi connectivity index (χ2n) is 7.00. The molecular formula is C23H28N4O3. The maximum atomic E-state index is 12.4. The van der Waals surface area contributed by atoms with Gasteiger partial charge in [0.2, 0.25) is 11.7 Å². The quantitative estimate of drug-likeness (QED) is 0.551. The van der Waals surface area contributed by atoms with Crippen LogP contribution >= 0.6 is 0 Å². The Labute approximate surface area is 177 Å². The van der Waals surface area contributed by atoms with Crippen LogP contribution in [0.15, 0.2) is 53.1 Å². The molecule has 0 radical (unpaired) electrons. The van der Waals surface area contributed by atoms with Crippen molar-refractivity contribution < 1.29 is 14.1 Å². The van der Waals surface area contributed by atoms with Crippen molar-refractivity contribution in [2.24, 2.45) is 0 Å². The minimum atomic E-state index is -0.123. The summed E-state index contributed by atoms with van der Waals surface area (Å²) in [4.78, 5) is 18.9. The minimum Gasteiger partial charge on any atom is -0.485 e. The van der Waals surface area contributed by atoms with Crippen molar-refractivity contribution in [3.05, 3.63) is 76.9 Å². The van der Waals surface area contributed by atoms with E-state index in [2.05, 4.69) is 58.5 Å². The summed E-state index contributed by atoms with van der Waals surface area (Å²) in [5, 5.41) is 6.74. The average Bonchev–Trinajstić information content (AvgIpc) is 3.20. The second-order valence-corrected chi connectivity index (χ2v) is 7.00. The largest absolute Gasteiger partial charge is 0.485 e. The normalized spacial score (nSPS) is 10.9. The van der Waals surface area contributed by atoms with E-state index in [0.717, 1.165) is 25.2 Å². The summed E-state index contributed by atoms with van der Waals surface area (Å²) < 4.78 is 10.5. The van der Waals surface area contributed by atoms with E-state index in [4.69, 9.17) is 9.26 Å². The Morgan fingerprint density at radius 2 is 1.70 bits per heavy atom. The van der Waals surface area contributed by atoms with E-state index in [1.54, 1.807) is 31.2 Å². The van der Waals surface area contributed by atoms with Crippen LogP contribution in [0, 0.1) is 6.92 Å². The first kappa shape index (κ1) is 21.5. The smallest absolute Gasteiger partial charge is 0.251 e. The first-order chi connectivity index (χ1) is 14.6. The second kappa shape index (κ2) is 10.5. The van der Waals surface area contributed by atoms with Gasteiger partial charge in [-0.3, -0.25) is 9.69 Å². The van der Waals surface area contributed by atoms with Crippen molar-refractivity contribution in [1.29, 1.82) is 0 Å². The van der Waals surface area contributed by atoms with E-state index in [0.29, 0.717) is 29.6 Å². The fourth-order valence-corrected chi connectivity index (χ4v) is 3.00. The summed E-state index contributed by atoms with van der Waals surface area (Å²) in [7, 11) is 0. The van der Waals surface area contributed by atoms with Gasteiger partial charge in [0, 0.05) is 25.6 Å². The topological polar surface area (TPSA) is 80.5 Å². The van der Waals surface area contributed by atoms with Crippen molar-refractivity contribution in [2.75, 3.05) is 13.1 Å². The zero-order valence-corrected chi connectivity index (χ0v) is 17.7. The number of carbonyl (C=O) groups is 1. The molecule has 0 saturated heterocycles. The van der Waals surface area contributed by atoms with Crippen LogP contribution in [-0.2, 0) is 19.7 Å². The molecule has 0 fully saturated rings. The average molecular weight is 409 g/mol. The number of aryl methyl sites for hydroxylation is 1. The third kappa shape index (κ3) is 6.15. The summed E-state index contributed by atoms with van der Waals surface area (Å²) in [5.74, 6) is 1.50. The van der Waals surface area contributed by atoms with Crippen molar-refractivity contribution in [2.45, 2.75) is 40.5 Å². The molecule has 0 atom stereocenters. The molecule has 0 aliphatic carbocycles. The number of hydrogen-bond acceptors (Lipinski definition) is 6. The molecule has 158 valence electrons. The number of benzene rings is 2. The van der Waals surface area contributed by atoms with E-state index < -0.39 is 0 Å². The zero-order valence-electron chi connectivity index (χ0n) is 17.7. The van der Waals surface area contributed by atoms with Gasteiger partial charge >= 0.3 is 0 Å². The lowest BCUT2D eigenvalue weighted by atomic mass is 10.1. The van der Waals surface area contributed by atoms with Crippen LogP contribution < -0.4 is 10.1 Å². The molecule has 0 aliphatic rings.